The van der Waals surface area contributed by atoms with E-state index in [2.05, 4.69) is 26.5 Å². The van der Waals surface area contributed by atoms with E-state index in [1.807, 2.05) is 57.2 Å². The van der Waals surface area contributed by atoms with Crippen LogP contribution in [0.4, 0.5) is 0 Å². The molecule has 278 valence electrons. The van der Waals surface area contributed by atoms with Gasteiger partial charge in [-0.25, -0.2) is 9.59 Å². The maximum absolute atomic E-state index is 13.0. The third-order valence-corrected chi connectivity index (χ3v) is 9.79. The SMILES string of the molecule is C=C(CCC(C)C)COC(=O)[C@@H](O)C/C=C\C[C@@H]1O[C@@H]2/C=C\C/C=C/C(C)=C\[C@H]3O[C@@H](C/C=C/C=C/C(=O)O[C@H](C2)[C@@]1(C)CO)C[C@H](O)[C@H]3C. The molecule has 0 radical (unpaired) electrons. The molecule has 0 aromatic rings. The fourth-order valence-corrected chi connectivity index (χ4v) is 6.27. The minimum atomic E-state index is -1.31. The van der Waals surface area contributed by atoms with Crippen molar-refractivity contribution in [3.8, 4) is 0 Å². The van der Waals surface area contributed by atoms with Gasteiger partial charge in [-0.1, -0.05) is 101 Å². The van der Waals surface area contributed by atoms with Crippen molar-refractivity contribution in [2.24, 2.45) is 17.3 Å². The van der Waals surface area contributed by atoms with Crippen LogP contribution in [0.3, 0.4) is 0 Å². The van der Waals surface area contributed by atoms with E-state index in [-0.39, 0.29) is 43.9 Å². The van der Waals surface area contributed by atoms with Gasteiger partial charge in [0.25, 0.3) is 0 Å². The first-order valence-electron chi connectivity index (χ1n) is 18.1. The summed E-state index contributed by atoms with van der Waals surface area (Å²) in [7, 11) is 0. The van der Waals surface area contributed by atoms with Gasteiger partial charge in [0.2, 0.25) is 0 Å². The average Bonchev–Trinajstić information content (AvgIpc) is 3.07. The monoisotopic (exact) mass is 696 g/mol. The van der Waals surface area contributed by atoms with Crippen LogP contribution in [0, 0.1) is 17.3 Å². The Morgan fingerprint density at radius 3 is 2.66 bits per heavy atom. The van der Waals surface area contributed by atoms with E-state index in [4.69, 9.17) is 18.9 Å². The van der Waals surface area contributed by atoms with Crippen molar-refractivity contribution in [1.82, 2.24) is 0 Å². The summed E-state index contributed by atoms with van der Waals surface area (Å²) in [5.74, 6) is -0.720. The summed E-state index contributed by atoms with van der Waals surface area (Å²) in [6, 6.07) is 0. The number of aliphatic hydroxyl groups is 3. The zero-order valence-electron chi connectivity index (χ0n) is 30.6. The Kier molecular flexibility index (Phi) is 17.1. The zero-order chi connectivity index (χ0) is 36.7. The third-order valence-electron chi connectivity index (χ3n) is 9.79. The second-order valence-electron chi connectivity index (χ2n) is 14.6. The van der Waals surface area contributed by atoms with E-state index in [0.29, 0.717) is 38.0 Å². The third kappa shape index (κ3) is 13.2. The van der Waals surface area contributed by atoms with Crippen LogP contribution in [0.15, 0.2) is 84.6 Å². The number of fused-ring (bicyclic) bond motifs is 4. The maximum atomic E-state index is 13.0. The van der Waals surface area contributed by atoms with Crippen molar-refractivity contribution in [3.05, 3.63) is 84.6 Å². The molecule has 2 fully saturated rings. The molecule has 3 aliphatic heterocycles. The Bertz CT molecular complexity index is 1290. The van der Waals surface area contributed by atoms with Crippen LogP contribution >= 0.6 is 0 Å². The first-order valence-corrected chi connectivity index (χ1v) is 18.1. The van der Waals surface area contributed by atoms with Gasteiger partial charge in [0.05, 0.1) is 42.5 Å². The van der Waals surface area contributed by atoms with Gasteiger partial charge in [-0.15, -0.1) is 0 Å². The number of hydrogen-bond acceptors (Lipinski definition) is 9. The van der Waals surface area contributed by atoms with E-state index in [1.54, 1.807) is 18.2 Å². The lowest BCUT2D eigenvalue weighted by molar-refractivity contribution is -0.198. The normalized spacial score (nSPS) is 35.3. The highest BCUT2D eigenvalue weighted by molar-refractivity contribution is 5.82. The second-order valence-corrected chi connectivity index (χ2v) is 14.6. The van der Waals surface area contributed by atoms with Crippen LogP contribution in [0.25, 0.3) is 0 Å². The molecule has 2 saturated heterocycles. The van der Waals surface area contributed by atoms with E-state index in [1.165, 1.54) is 6.08 Å². The fourth-order valence-electron chi connectivity index (χ4n) is 6.27. The standard InChI is InChI=1S/C41H60O9/c1-28(2)21-22-30(4)26-47-40(46)34(43)18-13-14-19-37-41(6,27-42)38-25-33(49-37)17-10-7-9-15-29(3)23-36-31(5)35(44)24-32(48-36)16-11-8-12-20-39(45)50-38/h8-15,17,20,23,28,31-38,42-44H,4,7,16,18-19,21-22,24-27H2,1-3,5-6H3/b11-8+,14-13-,15-9+,17-10-,20-12+,29-23-/t31-,32+,33-,34+,35+,36-,37+,38-,41+/m1/s1. The van der Waals surface area contributed by atoms with E-state index in [0.717, 1.165) is 24.0 Å². The Morgan fingerprint density at radius 1 is 1.14 bits per heavy atom. The fraction of sp³-hybridized carbons (Fsp3) is 0.610. The summed E-state index contributed by atoms with van der Waals surface area (Å²) in [6.07, 6.45) is 21.0. The van der Waals surface area contributed by atoms with Crippen molar-refractivity contribution in [2.45, 2.75) is 129 Å². The molecule has 0 unspecified atom stereocenters. The predicted octanol–water partition coefficient (Wildman–Crippen LogP) is 6.41. The predicted molar refractivity (Wildman–Crippen MR) is 195 cm³/mol. The minimum Gasteiger partial charge on any atom is -0.459 e. The van der Waals surface area contributed by atoms with Crippen LogP contribution in [-0.4, -0.2) is 83.2 Å². The molecule has 50 heavy (non-hydrogen) atoms. The van der Waals surface area contributed by atoms with Crippen LogP contribution < -0.4 is 0 Å². The van der Waals surface area contributed by atoms with Crippen LogP contribution in [0.2, 0.25) is 0 Å². The van der Waals surface area contributed by atoms with Gasteiger partial charge >= 0.3 is 11.9 Å². The molecule has 0 aromatic carbocycles. The zero-order valence-corrected chi connectivity index (χ0v) is 30.6. The lowest BCUT2D eigenvalue weighted by atomic mass is 9.73. The van der Waals surface area contributed by atoms with Crippen LogP contribution in [0.5, 0.6) is 0 Å². The number of allylic oxidation sites excluding steroid dienone is 6. The molecule has 9 nitrogen and oxygen atoms in total. The highest BCUT2D eigenvalue weighted by Gasteiger charge is 2.49. The van der Waals surface area contributed by atoms with Crippen molar-refractivity contribution in [3.63, 3.8) is 0 Å². The van der Waals surface area contributed by atoms with Crippen molar-refractivity contribution in [2.75, 3.05) is 13.2 Å². The average molecular weight is 697 g/mol. The molecular weight excluding hydrogens is 636 g/mol. The number of hydrogen-bond donors (Lipinski definition) is 3. The lowest BCUT2D eigenvalue weighted by Crippen LogP contribution is -2.55. The highest BCUT2D eigenvalue weighted by atomic mass is 16.6. The minimum absolute atomic E-state index is 0.0218. The van der Waals surface area contributed by atoms with Crippen molar-refractivity contribution >= 4 is 11.9 Å². The van der Waals surface area contributed by atoms with Gasteiger partial charge < -0.3 is 34.3 Å². The molecule has 9 heteroatoms. The van der Waals surface area contributed by atoms with Crippen molar-refractivity contribution in [1.29, 1.82) is 0 Å². The molecule has 0 aliphatic carbocycles. The Hall–Kier alpha value is -3.08. The first-order chi connectivity index (χ1) is 23.8. The largest absolute Gasteiger partial charge is 0.459 e. The van der Waals surface area contributed by atoms with Gasteiger partial charge in [0.1, 0.15) is 12.7 Å². The molecule has 3 rings (SSSR count). The number of carbonyl (C=O) groups is 2. The van der Waals surface area contributed by atoms with E-state index in [9.17, 15) is 24.9 Å². The Labute approximate surface area is 299 Å². The quantitative estimate of drug-likeness (QED) is 0.166. The molecule has 9 atom stereocenters. The number of esters is 2. The Balaban J connectivity index is 1.71. The molecule has 0 aromatic heterocycles. The van der Waals surface area contributed by atoms with Crippen molar-refractivity contribution < 1.29 is 43.9 Å². The number of ether oxygens (including phenoxy) is 4. The van der Waals surface area contributed by atoms with Gasteiger partial charge in [0.15, 0.2) is 6.10 Å². The first kappa shape index (κ1) is 41.3. The molecule has 4 bridgehead atoms. The molecular formula is C41H60O9. The molecule has 3 N–H and O–H groups in total. The summed E-state index contributed by atoms with van der Waals surface area (Å²) in [5.41, 5.74) is 0.954. The highest BCUT2D eigenvalue weighted by Crippen LogP contribution is 2.41. The summed E-state index contributed by atoms with van der Waals surface area (Å²) >= 11 is 0. The van der Waals surface area contributed by atoms with Gasteiger partial charge in [-0.05, 0) is 50.5 Å². The smallest absolute Gasteiger partial charge is 0.335 e. The summed E-state index contributed by atoms with van der Waals surface area (Å²) in [5, 5.41) is 31.6. The number of rotatable bonds is 11. The maximum Gasteiger partial charge on any atom is 0.335 e. The molecule has 3 heterocycles. The van der Waals surface area contributed by atoms with Gasteiger partial charge in [0, 0.05) is 31.3 Å². The lowest BCUT2D eigenvalue weighted by Gasteiger charge is -2.47. The Morgan fingerprint density at radius 2 is 1.92 bits per heavy atom. The van der Waals surface area contributed by atoms with E-state index >= 15 is 0 Å². The molecule has 0 amide bonds. The number of aliphatic hydroxyl groups excluding tert-OH is 3. The van der Waals surface area contributed by atoms with Crippen LogP contribution in [-0.2, 0) is 28.5 Å². The van der Waals surface area contributed by atoms with Crippen LogP contribution in [0.1, 0.15) is 86.0 Å². The summed E-state index contributed by atoms with van der Waals surface area (Å²) in [6.45, 7) is 13.9. The topological polar surface area (TPSA) is 132 Å². The molecule has 0 saturated carbocycles. The molecule has 0 spiro atoms. The van der Waals surface area contributed by atoms with Gasteiger partial charge in [-0.2, -0.15) is 0 Å². The molecule has 3 aliphatic rings. The number of carbonyl (C=O) groups excluding carboxylic acids is 2. The second kappa shape index (κ2) is 20.7. The van der Waals surface area contributed by atoms with Gasteiger partial charge in [-0.3, -0.25) is 0 Å². The van der Waals surface area contributed by atoms with E-state index < -0.39 is 41.8 Å². The summed E-state index contributed by atoms with van der Waals surface area (Å²) in [4.78, 5) is 25.3. The summed E-state index contributed by atoms with van der Waals surface area (Å²) < 4.78 is 23.9.